The highest BCUT2D eigenvalue weighted by atomic mass is 16.5. The van der Waals surface area contributed by atoms with Gasteiger partial charge in [-0.15, -0.1) is 0 Å². The van der Waals surface area contributed by atoms with Crippen molar-refractivity contribution in [2.75, 3.05) is 44.7 Å². The van der Waals surface area contributed by atoms with Crippen LogP contribution in [0.1, 0.15) is 19.3 Å². The van der Waals surface area contributed by atoms with Crippen molar-refractivity contribution in [1.82, 2.24) is 20.2 Å². The highest BCUT2D eigenvalue weighted by Gasteiger charge is 2.47. The monoisotopic (exact) mass is 443 g/mol. The smallest absolute Gasteiger partial charge is 0.327 e. The van der Waals surface area contributed by atoms with Gasteiger partial charge < -0.3 is 14.7 Å². The van der Waals surface area contributed by atoms with Crippen LogP contribution in [0.4, 0.5) is 10.5 Å². The first-order chi connectivity index (χ1) is 15.4. The van der Waals surface area contributed by atoms with E-state index in [2.05, 4.69) is 4.90 Å². The fourth-order valence-electron chi connectivity index (χ4n) is 5.11. The molecule has 2 N–H and O–H groups in total. The molecule has 1 unspecified atom stereocenters. The van der Waals surface area contributed by atoms with Crippen molar-refractivity contribution >= 4 is 29.4 Å². The topological polar surface area (TPSA) is 114 Å². The van der Waals surface area contributed by atoms with Gasteiger partial charge >= 0.3 is 6.03 Å². The predicted octanol–water partition coefficient (Wildman–Crippen LogP) is 0.520. The molecule has 2 saturated heterocycles. The van der Waals surface area contributed by atoms with Crippen LogP contribution in [0.5, 0.6) is 0 Å². The zero-order valence-corrected chi connectivity index (χ0v) is 18.1. The van der Waals surface area contributed by atoms with Crippen molar-refractivity contribution in [3.63, 3.8) is 0 Å². The normalized spacial score (nSPS) is 26.5. The molecule has 1 aromatic rings. The largest absolute Gasteiger partial charge is 0.368 e. The molecule has 3 aliphatic rings. The number of hydrogen-bond donors (Lipinski definition) is 2. The van der Waals surface area contributed by atoms with Crippen molar-refractivity contribution in [2.24, 2.45) is 11.8 Å². The number of benzene rings is 1. The number of amides is 5. The lowest BCUT2D eigenvalue weighted by Gasteiger charge is -2.41. The van der Waals surface area contributed by atoms with Crippen molar-refractivity contribution in [3.05, 3.63) is 30.3 Å². The van der Waals surface area contributed by atoms with Crippen LogP contribution in [0.15, 0.2) is 30.3 Å². The molecule has 1 aliphatic carbocycles. The standard InChI is InChI=1S/C22H29N5O5/c1-24-14-19(28)27(22(24)31)16-7-8-17(18(13-16)20(29)23-32)21(30)26-11-9-25(10-12-26)15-5-3-2-4-6-15/h2-6,16-18,32H,7-14H2,1H3,(H,23,29)/t16?,17-,18-/m0/s1. The lowest BCUT2D eigenvalue weighted by atomic mass is 9.75. The van der Waals surface area contributed by atoms with E-state index >= 15 is 0 Å². The van der Waals surface area contributed by atoms with Crippen molar-refractivity contribution in [2.45, 2.75) is 25.3 Å². The molecule has 32 heavy (non-hydrogen) atoms. The molecule has 0 spiro atoms. The minimum atomic E-state index is -0.801. The summed E-state index contributed by atoms with van der Waals surface area (Å²) in [6.45, 7) is 2.51. The first-order valence-corrected chi connectivity index (χ1v) is 11.0. The number of piperazine rings is 1. The zero-order chi connectivity index (χ0) is 22.8. The van der Waals surface area contributed by atoms with E-state index in [1.165, 1.54) is 9.80 Å². The Balaban J connectivity index is 1.42. The van der Waals surface area contributed by atoms with Gasteiger partial charge in [0, 0.05) is 50.9 Å². The zero-order valence-electron chi connectivity index (χ0n) is 18.1. The maximum Gasteiger partial charge on any atom is 0.327 e. The third-order valence-corrected chi connectivity index (χ3v) is 6.84. The second kappa shape index (κ2) is 9.15. The maximum atomic E-state index is 13.3. The molecule has 172 valence electrons. The van der Waals surface area contributed by atoms with Gasteiger partial charge in [-0.2, -0.15) is 0 Å². The van der Waals surface area contributed by atoms with Gasteiger partial charge in [0.15, 0.2) is 0 Å². The summed E-state index contributed by atoms with van der Waals surface area (Å²) in [7, 11) is 1.56. The second-order valence-corrected chi connectivity index (χ2v) is 8.71. The Morgan fingerprint density at radius 2 is 1.69 bits per heavy atom. The molecule has 3 atom stereocenters. The molecule has 2 aliphatic heterocycles. The number of hydroxylamine groups is 1. The van der Waals surface area contributed by atoms with Crippen LogP contribution in [0.3, 0.4) is 0 Å². The Labute approximate surface area is 186 Å². The highest BCUT2D eigenvalue weighted by molar-refractivity contribution is 6.02. The van der Waals surface area contributed by atoms with Crippen LogP contribution in [0.25, 0.3) is 0 Å². The summed E-state index contributed by atoms with van der Waals surface area (Å²) in [5.74, 6) is -2.45. The van der Waals surface area contributed by atoms with E-state index in [1.807, 2.05) is 30.3 Å². The number of urea groups is 1. The van der Waals surface area contributed by atoms with Crippen LogP contribution in [-0.2, 0) is 14.4 Å². The van der Waals surface area contributed by atoms with Crippen LogP contribution in [0.2, 0.25) is 0 Å². The average Bonchev–Trinajstić information content (AvgIpc) is 3.09. The predicted molar refractivity (Wildman–Crippen MR) is 115 cm³/mol. The van der Waals surface area contributed by atoms with Gasteiger partial charge in [-0.1, -0.05) is 18.2 Å². The first kappa shape index (κ1) is 22.1. The molecule has 1 saturated carbocycles. The Morgan fingerprint density at radius 1 is 1.00 bits per heavy atom. The second-order valence-electron chi connectivity index (χ2n) is 8.71. The average molecular weight is 444 g/mol. The Bertz CT molecular complexity index is 886. The molecule has 10 nitrogen and oxygen atoms in total. The molecule has 4 rings (SSSR count). The summed E-state index contributed by atoms with van der Waals surface area (Å²) in [5.41, 5.74) is 2.79. The third-order valence-electron chi connectivity index (χ3n) is 6.84. The molecular weight excluding hydrogens is 414 g/mol. The van der Waals surface area contributed by atoms with Gasteiger partial charge in [0.25, 0.3) is 5.91 Å². The van der Waals surface area contributed by atoms with E-state index in [-0.39, 0.29) is 30.8 Å². The molecule has 2 heterocycles. The number of rotatable bonds is 4. The van der Waals surface area contributed by atoms with Gasteiger partial charge in [-0.25, -0.2) is 10.3 Å². The Morgan fingerprint density at radius 3 is 2.28 bits per heavy atom. The number of nitrogens with zero attached hydrogens (tertiary/aromatic N) is 4. The van der Waals surface area contributed by atoms with Crippen LogP contribution >= 0.6 is 0 Å². The molecule has 3 fully saturated rings. The molecular formula is C22H29N5O5. The number of nitrogens with one attached hydrogen (secondary N) is 1. The van der Waals surface area contributed by atoms with Crippen LogP contribution in [-0.4, -0.2) is 89.5 Å². The van der Waals surface area contributed by atoms with E-state index in [9.17, 15) is 24.4 Å². The molecule has 1 aromatic carbocycles. The van der Waals surface area contributed by atoms with E-state index in [0.717, 1.165) is 5.69 Å². The lowest BCUT2D eigenvalue weighted by Crippen LogP contribution is -2.55. The fraction of sp³-hybridized carbons (Fsp3) is 0.545. The van der Waals surface area contributed by atoms with Gasteiger partial charge in [0.2, 0.25) is 11.8 Å². The molecule has 10 heteroatoms. The van der Waals surface area contributed by atoms with Crippen molar-refractivity contribution in [3.8, 4) is 0 Å². The van der Waals surface area contributed by atoms with Gasteiger partial charge in [-0.3, -0.25) is 24.5 Å². The van der Waals surface area contributed by atoms with E-state index in [4.69, 9.17) is 0 Å². The minimum Gasteiger partial charge on any atom is -0.368 e. The summed E-state index contributed by atoms with van der Waals surface area (Å²) in [5, 5.41) is 9.27. The number of carbonyl (C=O) groups excluding carboxylic acids is 4. The van der Waals surface area contributed by atoms with Crippen LogP contribution in [0, 0.1) is 11.8 Å². The fourth-order valence-corrected chi connectivity index (χ4v) is 5.11. The summed E-state index contributed by atoms with van der Waals surface area (Å²) >= 11 is 0. The highest BCUT2D eigenvalue weighted by Crippen LogP contribution is 2.36. The molecule has 0 bridgehead atoms. The van der Waals surface area contributed by atoms with Gasteiger partial charge in [0.1, 0.15) is 6.54 Å². The number of para-hydroxylation sites is 1. The Kier molecular flexibility index (Phi) is 6.31. The number of hydrogen-bond acceptors (Lipinski definition) is 6. The SMILES string of the molecule is CN1CC(=O)N(C2CC[C@H](C(=O)N3CCN(c4ccccc4)CC3)[C@@H](C(=O)NO)C2)C1=O. The van der Waals surface area contributed by atoms with Gasteiger partial charge in [-0.05, 0) is 31.4 Å². The summed E-state index contributed by atoms with van der Waals surface area (Å²) in [4.78, 5) is 57.0. The maximum absolute atomic E-state index is 13.3. The third kappa shape index (κ3) is 4.14. The number of anilines is 1. The molecule has 5 amide bonds. The van der Waals surface area contributed by atoms with Crippen LogP contribution < -0.4 is 10.4 Å². The lowest BCUT2D eigenvalue weighted by molar-refractivity contribution is -0.148. The van der Waals surface area contributed by atoms with Crippen molar-refractivity contribution < 1.29 is 24.4 Å². The first-order valence-electron chi connectivity index (χ1n) is 11.0. The summed E-state index contributed by atoms with van der Waals surface area (Å²) < 4.78 is 0. The Hall–Kier alpha value is -3.14. The number of imide groups is 1. The minimum absolute atomic E-state index is 0.0141. The van der Waals surface area contributed by atoms with E-state index in [1.54, 1.807) is 17.4 Å². The van der Waals surface area contributed by atoms with E-state index < -0.39 is 23.8 Å². The summed E-state index contributed by atoms with van der Waals surface area (Å²) in [6, 6.07) is 9.17. The van der Waals surface area contributed by atoms with Crippen molar-refractivity contribution in [1.29, 1.82) is 0 Å². The molecule has 0 radical (unpaired) electrons. The number of carbonyl (C=O) groups is 4. The summed E-state index contributed by atoms with van der Waals surface area (Å²) in [6.07, 6.45) is 1.00. The number of likely N-dealkylation sites (N-methyl/N-ethyl adjacent to an activating group) is 1. The quantitative estimate of drug-likeness (QED) is 0.399. The van der Waals surface area contributed by atoms with Gasteiger partial charge in [0.05, 0.1) is 5.92 Å². The molecule has 0 aromatic heterocycles. The van der Waals surface area contributed by atoms with E-state index in [0.29, 0.717) is 39.0 Å².